The van der Waals surface area contributed by atoms with Gasteiger partial charge in [-0.3, -0.25) is 0 Å². The van der Waals surface area contributed by atoms with E-state index in [9.17, 15) is 0 Å². The Kier molecular flexibility index (Phi) is 29.3. The van der Waals surface area contributed by atoms with Gasteiger partial charge in [0.2, 0.25) is 0 Å². The minimum atomic E-state index is -0.556. The fourth-order valence-electron chi connectivity index (χ4n) is 0. The topological polar surface area (TPSA) is 23.1 Å². The van der Waals surface area contributed by atoms with Crippen molar-refractivity contribution in [2.24, 2.45) is 5.92 Å². The Morgan fingerprint density at radius 3 is 1.00 bits per heavy atom. The first-order valence-electron chi connectivity index (χ1n) is 3.52. The van der Waals surface area contributed by atoms with Crippen molar-refractivity contribution in [3.8, 4) is 0 Å². The van der Waals surface area contributed by atoms with E-state index in [1.165, 1.54) is 0 Å². The minimum absolute atomic E-state index is 0. The number of rotatable bonds is 0. The Morgan fingerprint density at radius 1 is 1.00 bits per heavy atom. The fourth-order valence-corrected chi connectivity index (χ4v) is 0. The predicted molar refractivity (Wildman–Crippen MR) is 52.2 cm³/mol. The van der Waals surface area contributed by atoms with Crippen LogP contribution in [0.2, 0.25) is 0 Å². The second kappa shape index (κ2) is 15.0. The Bertz CT molecular complexity index is 53.8. The zero-order chi connectivity index (χ0) is 10.1. The molecule has 0 amide bonds. The van der Waals surface area contributed by atoms with Crippen LogP contribution < -0.4 is 34.7 Å². The maximum Gasteiger partial charge on any atom is 1.00 e. The summed E-state index contributed by atoms with van der Waals surface area (Å²) in [5, 5.41) is 8.25. The van der Waals surface area contributed by atoms with E-state index in [-0.39, 0.29) is 29.6 Å². The Balaban J connectivity index is -0.0000000419. The first kappa shape index (κ1) is 23.4. The van der Waals surface area contributed by atoms with Gasteiger partial charge in [-0.1, -0.05) is 20.8 Å². The van der Waals surface area contributed by atoms with Crippen LogP contribution in [-0.4, -0.2) is 11.4 Å². The molecule has 72 valence electrons. The van der Waals surface area contributed by atoms with Crippen molar-refractivity contribution in [2.75, 3.05) is 7.11 Å². The summed E-state index contributed by atoms with van der Waals surface area (Å²) < 4.78 is -0.556. The van der Waals surface area contributed by atoms with Crippen LogP contribution in [-0.2, 0) is 0 Å². The summed E-state index contributed by atoms with van der Waals surface area (Å²) in [5.74, 6) is 0.833. The summed E-state index contributed by atoms with van der Waals surface area (Å²) in [6.45, 7) is 9.94. The number of halogens is 2. The van der Waals surface area contributed by atoms with E-state index in [4.69, 9.17) is 28.3 Å². The molecule has 1 nitrogen and oxygen atoms in total. The van der Waals surface area contributed by atoms with Crippen molar-refractivity contribution < 1.29 is 34.7 Å². The summed E-state index contributed by atoms with van der Waals surface area (Å²) in [6.07, 6.45) is 0. The van der Waals surface area contributed by atoms with Gasteiger partial charge in [-0.2, -0.15) is 7.11 Å². The molecule has 0 spiro atoms. The summed E-state index contributed by atoms with van der Waals surface area (Å²) in [7, 11) is 0.750. The largest absolute Gasteiger partial charge is 1.00 e. The zero-order valence-corrected chi connectivity index (χ0v) is 12.8. The van der Waals surface area contributed by atoms with Crippen LogP contribution in [0.15, 0.2) is 0 Å². The van der Waals surface area contributed by atoms with Crippen molar-refractivity contribution in [2.45, 2.75) is 39.0 Å². The molecule has 4 heteroatoms. The van der Waals surface area contributed by atoms with Crippen LogP contribution in [0.5, 0.6) is 0 Å². The van der Waals surface area contributed by atoms with Gasteiger partial charge in [0.1, 0.15) is 4.33 Å². The maximum absolute atomic E-state index is 8.25. The molecule has 0 unspecified atom stereocenters. The molecule has 0 aromatic carbocycles. The van der Waals surface area contributed by atoms with Crippen LogP contribution in [0.25, 0.3) is 0 Å². The molecule has 0 rings (SSSR count). The van der Waals surface area contributed by atoms with E-state index >= 15 is 0 Å². The maximum atomic E-state index is 8.25. The average molecular weight is 225 g/mol. The van der Waals surface area contributed by atoms with Gasteiger partial charge in [0.15, 0.2) is 0 Å². The molecule has 0 radical (unpaired) electrons. The Morgan fingerprint density at radius 2 is 1.00 bits per heavy atom. The molecule has 0 heterocycles. The van der Waals surface area contributed by atoms with E-state index in [0.717, 1.165) is 13.0 Å². The molecule has 0 saturated carbocycles. The second-order valence-electron chi connectivity index (χ2n) is 3.06. The molecule has 0 aromatic rings. The van der Waals surface area contributed by atoms with Gasteiger partial charge in [0, 0.05) is 0 Å². The monoisotopic (exact) mass is 224 g/mol. The molecule has 0 aliphatic carbocycles. The van der Waals surface area contributed by atoms with Crippen LogP contribution in [0.4, 0.5) is 0 Å². The quantitative estimate of drug-likeness (QED) is 0.415. The molecule has 0 aliphatic rings. The molecule has 12 heavy (non-hydrogen) atoms. The molecule has 0 N–H and O–H groups in total. The third-order valence-electron chi connectivity index (χ3n) is 0. The third-order valence-corrected chi connectivity index (χ3v) is 0. The first-order chi connectivity index (χ1) is 4.73. The Labute approximate surface area is 109 Å². The van der Waals surface area contributed by atoms with Gasteiger partial charge >= 0.3 is 29.6 Å². The summed E-state index contributed by atoms with van der Waals surface area (Å²) >= 11 is 10.6. The summed E-state index contributed by atoms with van der Waals surface area (Å²) in [5.41, 5.74) is 0. The fraction of sp³-hybridized carbons (Fsp3) is 1.00. The molecule has 0 bridgehead atoms. The first-order valence-corrected chi connectivity index (χ1v) is 4.27. The molecule has 0 fully saturated rings. The third kappa shape index (κ3) is 541. The van der Waals surface area contributed by atoms with E-state index in [2.05, 4.69) is 20.8 Å². The van der Waals surface area contributed by atoms with Crippen LogP contribution in [0.1, 0.15) is 34.6 Å². The predicted octanol–water partition coefficient (Wildman–Crippen LogP) is -0.157. The Hall–Kier alpha value is 1.54. The van der Waals surface area contributed by atoms with Gasteiger partial charge in [0.25, 0.3) is 0 Å². The number of hydrogen-bond acceptors (Lipinski definition) is 1. The SMILES string of the molecule is CC(C)(Cl)Cl.CC(C)C.C[O-].[Na+]. The van der Waals surface area contributed by atoms with E-state index < -0.39 is 4.33 Å². The standard InChI is InChI=1S/C4H10.C3H6Cl2.CH3O.Na/c1-4(2)3;1-3(2,4)5;1-2;/h4H,1-3H3;1-2H3;1H3;/q;;-1;+1. The van der Waals surface area contributed by atoms with Crippen molar-refractivity contribution in [1.29, 1.82) is 0 Å². The van der Waals surface area contributed by atoms with E-state index in [0.29, 0.717) is 0 Å². The summed E-state index contributed by atoms with van der Waals surface area (Å²) in [4.78, 5) is 0. The van der Waals surface area contributed by atoms with E-state index in [1.807, 2.05) is 0 Å². The minimum Gasteiger partial charge on any atom is -0.857 e. The average Bonchev–Trinajstić information content (AvgIpc) is 1.63. The van der Waals surface area contributed by atoms with Crippen molar-refractivity contribution in [3.63, 3.8) is 0 Å². The smallest absolute Gasteiger partial charge is 0.857 e. The molecular weight excluding hydrogens is 206 g/mol. The molecule has 0 saturated heterocycles. The van der Waals surface area contributed by atoms with Gasteiger partial charge in [-0.25, -0.2) is 0 Å². The van der Waals surface area contributed by atoms with Gasteiger partial charge in [-0.05, 0) is 19.8 Å². The molecular formula is C8H19Cl2NaO. The molecule has 0 aromatic heterocycles. The van der Waals surface area contributed by atoms with E-state index in [1.54, 1.807) is 13.8 Å². The van der Waals surface area contributed by atoms with Crippen LogP contribution in [0.3, 0.4) is 0 Å². The molecule has 0 aliphatic heterocycles. The molecule has 0 atom stereocenters. The van der Waals surface area contributed by atoms with Gasteiger partial charge in [-0.15, -0.1) is 23.2 Å². The number of hydrogen-bond donors (Lipinski definition) is 0. The normalized spacial score (nSPS) is 8.50. The van der Waals surface area contributed by atoms with Crippen LogP contribution >= 0.6 is 23.2 Å². The van der Waals surface area contributed by atoms with Crippen LogP contribution in [0, 0.1) is 5.92 Å². The zero-order valence-electron chi connectivity index (χ0n) is 9.24. The summed E-state index contributed by atoms with van der Waals surface area (Å²) in [6, 6.07) is 0. The van der Waals surface area contributed by atoms with Crippen molar-refractivity contribution in [3.05, 3.63) is 0 Å². The number of alkyl halides is 2. The van der Waals surface area contributed by atoms with Crippen molar-refractivity contribution in [1.82, 2.24) is 0 Å². The van der Waals surface area contributed by atoms with Crippen molar-refractivity contribution >= 4 is 23.2 Å². The van der Waals surface area contributed by atoms with Gasteiger partial charge in [0.05, 0.1) is 0 Å². The van der Waals surface area contributed by atoms with Gasteiger partial charge < -0.3 is 5.11 Å². The second-order valence-corrected chi connectivity index (χ2v) is 5.14.